The molecule has 2 fully saturated rings. The van der Waals surface area contributed by atoms with Gasteiger partial charge in [-0.2, -0.15) is 0 Å². The summed E-state index contributed by atoms with van der Waals surface area (Å²) in [5.74, 6) is 0.164. The Morgan fingerprint density at radius 1 is 1.25 bits per heavy atom. The van der Waals surface area contributed by atoms with Crippen LogP contribution in [0.3, 0.4) is 0 Å². The van der Waals surface area contributed by atoms with Crippen LogP contribution in [0.25, 0.3) is 0 Å². The Morgan fingerprint density at radius 3 is 2.70 bits per heavy atom. The van der Waals surface area contributed by atoms with E-state index in [-0.39, 0.29) is 18.1 Å². The molecule has 4 nitrogen and oxygen atoms in total. The van der Waals surface area contributed by atoms with Crippen LogP contribution in [0.4, 0.5) is 8.78 Å². The second-order valence-corrected chi connectivity index (χ2v) is 5.72. The van der Waals surface area contributed by atoms with Gasteiger partial charge in [0.25, 0.3) is 6.43 Å². The molecule has 0 saturated carbocycles. The average molecular weight is 294 g/mol. The van der Waals surface area contributed by atoms with Gasteiger partial charge in [0.2, 0.25) is 0 Å². The maximum atomic E-state index is 11.9. The molecule has 2 atom stereocenters. The van der Waals surface area contributed by atoms with E-state index in [2.05, 4.69) is 0 Å². The van der Waals surface area contributed by atoms with Crippen LogP contribution in [0, 0.1) is 5.92 Å². The summed E-state index contributed by atoms with van der Waals surface area (Å²) in [5, 5.41) is 10.2. The van der Waals surface area contributed by atoms with E-state index in [1.165, 1.54) is 0 Å². The van der Waals surface area contributed by atoms with Crippen LogP contribution >= 0.6 is 0 Å². The van der Waals surface area contributed by atoms with Crippen molar-refractivity contribution in [3.63, 3.8) is 0 Å². The number of aliphatic hydroxyl groups excluding tert-OH is 1. The first-order valence-electron chi connectivity index (χ1n) is 7.37. The van der Waals surface area contributed by atoms with Gasteiger partial charge in [-0.3, -0.25) is 0 Å². The van der Waals surface area contributed by atoms with Crippen LogP contribution in [0.1, 0.15) is 32.1 Å². The molecule has 0 radical (unpaired) electrons. The molecule has 0 aromatic heterocycles. The third kappa shape index (κ3) is 4.62. The lowest BCUT2D eigenvalue weighted by molar-refractivity contribution is -0.159. The van der Waals surface area contributed by atoms with Crippen molar-refractivity contribution in [1.82, 2.24) is 0 Å². The molecule has 2 rings (SSSR count). The molecule has 0 bridgehead atoms. The maximum Gasteiger partial charge on any atom is 0.261 e. The normalized spacial score (nSPS) is 27.9. The van der Waals surface area contributed by atoms with E-state index in [9.17, 15) is 13.9 Å². The highest BCUT2D eigenvalue weighted by atomic mass is 19.3. The zero-order chi connectivity index (χ0) is 14.4. The second kappa shape index (κ2) is 7.64. The lowest BCUT2D eigenvalue weighted by Gasteiger charge is -2.44. The van der Waals surface area contributed by atoms with E-state index in [4.69, 9.17) is 14.2 Å². The summed E-state index contributed by atoms with van der Waals surface area (Å²) in [6, 6.07) is 0. The lowest BCUT2D eigenvalue weighted by Crippen LogP contribution is -2.46. The molecule has 2 aliphatic heterocycles. The Hall–Kier alpha value is -0.300. The van der Waals surface area contributed by atoms with Crippen molar-refractivity contribution < 1.29 is 28.1 Å². The SMILES string of the molecule is OC(CCOCC(F)F)C1CCOC2(CCOCC2)C1. The molecule has 0 amide bonds. The fourth-order valence-electron chi connectivity index (χ4n) is 3.10. The number of hydrogen-bond donors (Lipinski definition) is 1. The Labute approximate surface area is 118 Å². The van der Waals surface area contributed by atoms with Gasteiger partial charge in [0.1, 0.15) is 6.61 Å². The zero-order valence-corrected chi connectivity index (χ0v) is 11.7. The average Bonchev–Trinajstić information content (AvgIpc) is 2.44. The molecule has 1 spiro atoms. The molecule has 0 aromatic rings. The first-order valence-corrected chi connectivity index (χ1v) is 7.37. The van der Waals surface area contributed by atoms with Crippen molar-refractivity contribution in [2.24, 2.45) is 5.92 Å². The molecule has 2 unspecified atom stereocenters. The van der Waals surface area contributed by atoms with Crippen molar-refractivity contribution in [3.05, 3.63) is 0 Å². The summed E-state index contributed by atoms with van der Waals surface area (Å²) < 4.78 is 40.0. The van der Waals surface area contributed by atoms with Crippen LogP contribution in [0.15, 0.2) is 0 Å². The van der Waals surface area contributed by atoms with E-state index < -0.39 is 19.1 Å². The first-order chi connectivity index (χ1) is 9.61. The predicted molar refractivity (Wildman–Crippen MR) is 68.9 cm³/mol. The van der Waals surface area contributed by atoms with E-state index in [0.717, 1.165) is 25.7 Å². The first kappa shape index (κ1) is 16.1. The summed E-state index contributed by atoms with van der Waals surface area (Å²) >= 11 is 0. The van der Waals surface area contributed by atoms with Gasteiger partial charge in [-0.1, -0.05) is 0 Å². The highest BCUT2D eigenvalue weighted by Gasteiger charge is 2.40. The Bertz CT molecular complexity index is 277. The van der Waals surface area contributed by atoms with Crippen molar-refractivity contribution in [2.75, 3.05) is 33.0 Å². The van der Waals surface area contributed by atoms with Gasteiger partial charge in [0.15, 0.2) is 0 Å². The van der Waals surface area contributed by atoms with Crippen LogP contribution in [0.2, 0.25) is 0 Å². The highest BCUT2D eigenvalue weighted by Crippen LogP contribution is 2.38. The van der Waals surface area contributed by atoms with Crippen LogP contribution < -0.4 is 0 Å². The van der Waals surface area contributed by atoms with Gasteiger partial charge in [-0.05, 0) is 38.0 Å². The smallest absolute Gasteiger partial charge is 0.261 e. The van der Waals surface area contributed by atoms with Gasteiger partial charge < -0.3 is 19.3 Å². The van der Waals surface area contributed by atoms with E-state index in [1.54, 1.807) is 0 Å². The molecule has 20 heavy (non-hydrogen) atoms. The minimum absolute atomic E-state index is 0.147. The number of halogens is 2. The Kier molecular flexibility index (Phi) is 6.14. The van der Waals surface area contributed by atoms with Crippen molar-refractivity contribution in [2.45, 2.75) is 50.2 Å². The molecule has 2 saturated heterocycles. The van der Waals surface area contributed by atoms with E-state index in [1.807, 2.05) is 0 Å². The topological polar surface area (TPSA) is 47.9 Å². The molecular formula is C14H24F2O4. The zero-order valence-electron chi connectivity index (χ0n) is 11.7. The molecule has 0 aromatic carbocycles. The standard InChI is InChI=1S/C14H24F2O4/c15-13(16)10-19-5-2-12(17)11-1-6-20-14(9-11)3-7-18-8-4-14/h11-13,17H,1-10H2. The number of hydrogen-bond acceptors (Lipinski definition) is 4. The van der Waals surface area contributed by atoms with E-state index >= 15 is 0 Å². The van der Waals surface area contributed by atoms with Gasteiger partial charge >= 0.3 is 0 Å². The largest absolute Gasteiger partial charge is 0.393 e. The van der Waals surface area contributed by atoms with E-state index in [0.29, 0.717) is 26.2 Å². The van der Waals surface area contributed by atoms with Gasteiger partial charge in [0, 0.05) is 26.4 Å². The number of aliphatic hydroxyl groups is 1. The predicted octanol–water partition coefficient (Wildman–Crippen LogP) is 1.99. The molecule has 0 aliphatic carbocycles. The molecule has 2 aliphatic rings. The molecule has 6 heteroatoms. The summed E-state index contributed by atoms with van der Waals surface area (Å²) in [7, 11) is 0. The van der Waals surface area contributed by atoms with Crippen LogP contribution in [-0.4, -0.2) is 56.3 Å². The molecular weight excluding hydrogens is 270 g/mol. The summed E-state index contributed by atoms with van der Waals surface area (Å²) in [5.41, 5.74) is -0.147. The van der Waals surface area contributed by atoms with Gasteiger partial charge in [0.05, 0.1) is 11.7 Å². The van der Waals surface area contributed by atoms with Crippen molar-refractivity contribution in [3.8, 4) is 0 Å². The second-order valence-electron chi connectivity index (χ2n) is 5.72. The monoisotopic (exact) mass is 294 g/mol. The summed E-state index contributed by atoms with van der Waals surface area (Å²) in [4.78, 5) is 0. The molecule has 2 heterocycles. The summed E-state index contributed by atoms with van der Waals surface area (Å²) in [6.45, 7) is 1.70. The van der Waals surface area contributed by atoms with Crippen molar-refractivity contribution in [1.29, 1.82) is 0 Å². The summed E-state index contributed by atoms with van der Waals surface area (Å²) in [6.07, 6.45) is 0.850. The van der Waals surface area contributed by atoms with Crippen LogP contribution in [-0.2, 0) is 14.2 Å². The third-order valence-electron chi connectivity index (χ3n) is 4.28. The number of rotatable bonds is 6. The highest BCUT2D eigenvalue weighted by molar-refractivity contribution is 4.90. The number of ether oxygens (including phenoxy) is 3. The fourth-order valence-corrected chi connectivity index (χ4v) is 3.10. The maximum absolute atomic E-state index is 11.9. The molecule has 1 N–H and O–H groups in total. The lowest BCUT2D eigenvalue weighted by atomic mass is 9.78. The minimum Gasteiger partial charge on any atom is -0.393 e. The van der Waals surface area contributed by atoms with Crippen molar-refractivity contribution >= 4 is 0 Å². The quantitative estimate of drug-likeness (QED) is 0.761. The number of alkyl halides is 2. The Morgan fingerprint density at radius 2 is 2.00 bits per heavy atom. The van der Waals surface area contributed by atoms with Crippen LogP contribution in [0.5, 0.6) is 0 Å². The van der Waals surface area contributed by atoms with Gasteiger partial charge in [-0.25, -0.2) is 8.78 Å². The van der Waals surface area contributed by atoms with Gasteiger partial charge in [-0.15, -0.1) is 0 Å². The Balaban J connectivity index is 1.73. The molecule has 118 valence electrons. The minimum atomic E-state index is -2.44. The fraction of sp³-hybridized carbons (Fsp3) is 1.00. The third-order valence-corrected chi connectivity index (χ3v) is 4.28.